The largest absolute Gasteiger partial charge is 0.451 e. The van der Waals surface area contributed by atoms with Gasteiger partial charge in [0.2, 0.25) is 0 Å². The van der Waals surface area contributed by atoms with Crippen molar-refractivity contribution in [2.45, 2.75) is 64.5 Å². The van der Waals surface area contributed by atoms with E-state index < -0.39 is 24.5 Å². The molecule has 2 aliphatic rings. The third-order valence-corrected chi connectivity index (χ3v) is 6.79. The van der Waals surface area contributed by atoms with Gasteiger partial charge < -0.3 is 10.1 Å². The van der Waals surface area contributed by atoms with Gasteiger partial charge in [-0.1, -0.05) is 19.3 Å². The fraction of sp³-hybridized carbons (Fsp3) is 0.550. The number of esters is 1. The van der Waals surface area contributed by atoms with Crippen molar-refractivity contribution in [2.75, 3.05) is 6.61 Å². The Morgan fingerprint density at radius 1 is 1.20 bits per heavy atom. The summed E-state index contributed by atoms with van der Waals surface area (Å²) < 4.78 is 6.72. The highest BCUT2D eigenvalue weighted by Crippen LogP contribution is 2.29. The fourth-order valence-corrected chi connectivity index (χ4v) is 5.18. The van der Waals surface area contributed by atoms with Gasteiger partial charge in [0.15, 0.2) is 6.61 Å². The minimum absolute atomic E-state index is 0.0728. The molecule has 1 saturated carbocycles. The van der Waals surface area contributed by atoms with E-state index in [9.17, 15) is 19.2 Å². The summed E-state index contributed by atoms with van der Waals surface area (Å²) in [6, 6.07) is -0.503. The first-order valence-electron chi connectivity index (χ1n) is 10.2. The van der Waals surface area contributed by atoms with Crippen LogP contribution in [0.4, 0.5) is 4.79 Å². The number of thiophene rings is 1. The van der Waals surface area contributed by atoms with Crippen molar-refractivity contribution in [3.05, 3.63) is 26.6 Å². The summed E-state index contributed by atoms with van der Waals surface area (Å²) in [7, 11) is 0. The molecule has 9 nitrogen and oxygen atoms in total. The molecule has 10 heteroatoms. The molecule has 3 heterocycles. The van der Waals surface area contributed by atoms with Crippen LogP contribution in [-0.4, -0.2) is 40.1 Å². The van der Waals surface area contributed by atoms with E-state index >= 15 is 0 Å². The molecule has 30 heavy (non-hydrogen) atoms. The molecule has 1 aliphatic heterocycles. The average Bonchev–Trinajstić information content (AvgIpc) is 3.32. The number of imide groups is 1. The summed E-state index contributed by atoms with van der Waals surface area (Å²) in [5, 5.41) is 5.38. The van der Waals surface area contributed by atoms with E-state index in [0.29, 0.717) is 22.3 Å². The smallest absolute Gasteiger partial charge is 0.349 e. The van der Waals surface area contributed by atoms with E-state index in [0.717, 1.165) is 62.1 Å². The zero-order valence-corrected chi connectivity index (χ0v) is 17.6. The van der Waals surface area contributed by atoms with Crippen molar-refractivity contribution >= 4 is 39.5 Å². The van der Waals surface area contributed by atoms with Crippen molar-refractivity contribution in [3.63, 3.8) is 0 Å². The van der Waals surface area contributed by atoms with Crippen LogP contribution in [0, 0.1) is 6.92 Å². The average molecular weight is 433 g/mol. The Kier molecular flexibility index (Phi) is 5.85. The van der Waals surface area contributed by atoms with Crippen LogP contribution in [0.1, 0.15) is 59.6 Å². The predicted molar refractivity (Wildman–Crippen MR) is 111 cm³/mol. The molecule has 3 amide bonds. The number of carbonyl (C=O) groups is 3. The summed E-state index contributed by atoms with van der Waals surface area (Å²) in [6.07, 6.45) is 6.72. The summed E-state index contributed by atoms with van der Waals surface area (Å²) in [5.74, 6) is -0.674. The van der Waals surface area contributed by atoms with E-state index in [1.165, 1.54) is 0 Å². The number of nitrogens with one attached hydrogen (secondary N) is 2. The fourth-order valence-electron chi connectivity index (χ4n) is 4.10. The number of fused-ring (bicyclic) bond motifs is 2. The Hall–Kier alpha value is -2.75. The monoisotopic (exact) mass is 432 g/mol. The molecule has 0 aromatic carbocycles. The second kappa shape index (κ2) is 8.55. The van der Waals surface area contributed by atoms with E-state index in [2.05, 4.69) is 15.6 Å². The number of hydrogen-bond donors (Lipinski definition) is 2. The Bertz CT molecular complexity index is 1070. The van der Waals surface area contributed by atoms with Gasteiger partial charge in [0, 0.05) is 19.0 Å². The van der Waals surface area contributed by atoms with E-state index in [-0.39, 0.29) is 16.5 Å². The van der Waals surface area contributed by atoms with Crippen LogP contribution < -0.4 is 16.2 Å². The summed E-state index contributed by atoms with van der Waals surface area (Å²) in [4.78, 5) is 54.3. The number of hydrogen-bond acceptors (Lipinski definition) is 7. The Morgan fingerprint density at radius 2 is 1.97 bits per heavy atom. The molecule has 0 unspecified atom stereocenters. The first-order valence-corrected chi connectivity index (χ1v) is 11.1. The van der Waals surface area contributed by atoms with Crippen molar-refractivity contribution in [1.29, 1.82) is 0 Å². The molecule has 0 bridgehead atoms. The van der Waals surface area contributed by atoms with Gasteiger partial charge in [0.25, 0.3) is 11.5 Å². The lowest BCUT2D eigenvalue weighted by Gasteiger charge is -2.22. The van der Waals surface area contributed by atoms with Gasteiger partial charge in [-0.25, -0.2) is 14.6 Å². The summed E-state index contributed by atoms with van der Waals surface area (Å²) in [5.41, 5.74) is 0.368. The van der Waals surface area contributed by atoms with Crippen LogP contribution in [0.25, 0.3) is 10.2 Å². The van der Waals surface area contributed by atoms with E-state index in [1.54, 1.807) is 11.5 Å². The van der Waals surface area contributed by atoms with Crippen molar-refractivity contribution in [2.24, 2.45) is 0 Å². The molecular weight excluding hydrogens is 408 g/mol. The molecule has 2 aromatic heterocycles. The second-order valence-electron chi connectivity index (χ2n) is 7.76. The Labute approximate surface area is 176 Å². The van der Waals surface area contributed by atoms with Crippen molar-refractivity contribution < 1.29 is 19.1 Å². The van der Waals surface area contributed by atoms with Gasteiger partial charge in [0.1, 0.15) is 15.5 Å². The topological polar surface area (TPSA) is 119 Å². The third kappa shape index (κ3) is 4.09. The number of rotatable bonds is 4. The predicted octanol–water partition coefficient (Wildman–Crippen LogP) is 2.03. The lowest BCUT2D eigenvalue weighted by atomic mass is 9.96. The molecule has 0 spiro atoms. The highest BCUT2D eigenvalue weighted by atomic mass is 32.1. The minimum atomic E-state index is -0.706. The lowest BCUT2D eigenvalue weighted by Crippen LogP contribution is -2.46. The third-order valence-electron chi connectivity index (χ3n) is 5.62. The van der Waals surface area contributed by atoms with Gasteiger partial charge in [-0.15, -0.1) is 11.3 Å². The Morgan fingerprint density at radius 3 is 2.73 bits per heavy atom. The van der Waals surface area contributed by atoms with Gasteiger partial charge >= 0.3 is 12.0 Å². The zero-order chi connectivity index (χ0) is 21.3. The number of urea groups is 1. The number of ether oxygens (including phenoxy) is 1. The minimum Gasteiger partial charge on any atom is -0.451 e. The first-order chi connectivity index (χ1) is 14.4. The van der Waals surface area contributed by atoms with E-state index in [1.807, 2.05) is 0 Å². The van der Waals surface area contributed by atoms with Crippen LogP contribution in [0.2, 0.25) is 0 Å². The second-order valence-corrected chi connectivity index (χ2v) is 8.76. The molecule has 0 radical (unpaired) electrons. The van der Waals surface area contributed by atoms with Crippen LogP contribution in [0.15, 0.2) is 4.79 Å². The van der Waals surface area contributed by atoms with Crippen LogP contribution >= 0.6 is 11.3 Å². The highest BCUT2D eigenvalue weighted by Gasteiger charge is 2.24. The molecule has 2 N–H and O–H groups in total. The molecule has 1 aliphatic carbocycles. The normalized spacial score (nSPS) is 16.3. The van der Waals surface area contributed by atoms with Crippen molar-refractivity contribution in [3.8, 4) is 0 Å². The van der Waals surface area contributed by atoms with Gasteiger partial charge in [-0.2, -0.15) is 0 Å². The first kappa shape index (κ1) is 20.5. The van der Waals surface area contributed by atoms with Gasteiger partial charge in [0.05, 0.1) is 5.39 Å². The highest BCUT2D eigenvalue weighted by molar-refractivity contribution is 7.20. The Balaban J connectivity index is 1.37. The van der Waals surface area contributed by atoms with Crippen LogP contribution in [0.3, 0.4) is 0 Å². The van der Waals surface area contributed by atoms with Crippen LogP contribution in [-0.2, 0) is 22.5 Å². The quantitative estimate of drug-likeness (QED) is 0.714. The molecule has 1 fully saturated rings. The maximum Gasteiger partial charge on any atom is 0.349 e. The molecule has 2 aromatic rings. The van der Waals surface area contributed by atoms with Gasteiger partial charge in [-0.3, -0.25) is 19.5 Å². The summed E-state index contributed by atoms with van der Waals surface area (Å²) >= 11 is 1.09. The molecule has 0 saturated heterocycles. The number of nitrogens with zero attached hydrogens (tertiary/aromatic N) is 2. The lowest BCUT2D eigenvalue weighted by molar-refractivity contribution is -0.123. The van der Waals surface area contributed by atoms with Crippen LogP contribution in [0.5, 0.6) is 0 Å². The van der Waals surface area contributed by atoms with Gasteiger partial charge in [-0.05, 0) is 31.7 Å². The van der Waals surface area contributed by atoms with Crippen molar-refractivity contribution in [1.82, 2.24) is 20.2 Å². The number of aromatic nitrogens is 2. The van der Waals surface area contributed by atoms with E-state index in [4.69, 9.17) is 4.74 Å². The number of carbonyl (C=O) groups excluding carboxylic acids is 3. The maximum absolute atomic E-state index is 12.7. The zero-order valence-electron chi connectivity index (χ0n) is 16.8. The standard InChI is InChI=1S/C20H24N4O5S/c1-11-15-17(22-13-8-5-9-24(13)18(15)26)30-16(11)19(27)29-10-14(25)23-20(28)21-12-6-3-2-4-7-12/h12H,2-10H2,1H3,(H2,21,23,25,28). The molecule has 0 atom stereocenters. The molecular formula is C20H24N4O5S. The SMILES string of the molecule is Cc1c(C(=O)OCC(=O)NC(=O)NC2CCCCC2)sc2nc3n(c(=O)c12)CCC3. The maximum atomic E-state index is 12.7. The molecule has 4 rings (SSSR count). The summed E-state index contributed by atoms with van der Waals surface area (Å²) in [6.45, 7) is 1.74. The molecule has 160 valence electrons. The number of amides is 3. The number of aryl methyl sites for hydroxylation is 2.